The Balaban J connectivity index is 0.000000233. The minimum atomic E-state index is -3.13. The normalized spacial score (nSPS) is 13.4. The summed E-state index contributed by atoms with van der Waals surface area (Å²) in [5.41, 5.74) is 0. The first-order valence-electron chi connectivity index (χ1n) is 13.4. The third-order valence-electron chi connectivity index (χ3n) is 6.47. The molecule has 0 spiro atoms. The Morgan fingerprint density at radius 1 is 0.841 bits per heavy atom. The summed E-state index contributed by atoms with van der Waals surface area (Å²) < 4.78 is 32.0. The van der Waals surface area contributed by atoms with Crippen LogP contribution in [0.1, 0.15) is 18.6 Å². The fraction of sp³-hybridized carbons (Fsp3) is 0.609. The van der Waals surface area contributed by atoms with Gasteiger partial charge in [0.2, 0.25) is 0 Å². The summed E-state index contributed by atoms with van der Waals surface area (Å²) in [6, 6.07) is 0. The Bertz CT molecular complexity index is 1490. The maximum absolute atomic E-state index is 11.3. The van der Waals surface area contributed by atoms with Gasteiger partial charge >= 0.3 is 17.5 Å². The lowest BCUT2D eigenvalue weighted by Crippen LogP contribution is -2.38. The zero-order valence-corrected chi connectivity index (χ0v) is 25.4. The number of aliphatic hydroxyl groups excluding tert-OH is 1. The van der Waals surface area contributed by atoms with Crippen molar-refractivity contribution in [2.45, 2.75) is 40.4 Å². The topological polar surface area (TPSA) is 250 Å². The molecule has 3 aromatic heterocycles. The van der Waals surface area contributed by atoms with Gasteiger partial charge in [0.15, 0.2) is 27.8 Å². The van der Waals surface area contributed by atoms with Crippen LogP contribution in [0.2, 0.25) is 0 Å². The SMILES string of the molecule is CCS(=O)(=O)CCn1c([N+](=O)[O-])cnc1C.Cc1ncc([N+](=O)[O-])n1CCO.O=[N+]([O-])c1cncn1CCN1CCOCC1. The van der Waals surface area contributed by atoms with Gasteiger partial charge in [0, 0.05) is 39.2 Å². The van der Waals surface area contributed by atoms with Gasteiger partial charge in [-0.1, -0.05) is 6.92 Å². The van der Waals surface area contributed by atoms with Crippen LogP contribution in [0.3, 0.4) is 0 Å². The molecule has 0 radical (unpaired) electrons. The molecule has 0 bridgehead atoms. The van der Waals surface area contributed by atoms with Gasteiger partial charge in [-0.15, -0.1) is 0 Å². The summed E-state index contributed by atoms with van der Waals surface area (Å²) in [7, 11) is -3.13. The van der Waals surface area contributed by atoms with E-state index in [0.717, 1.165) is 39.0 Å². The predicted molar refractivity (Wildman–Crippen MR) is 155 cm³/mol. The number of aromatic nitrogens is 6. The number of nitrogens with zero attached hydrogens (tertiary/aromatic N) is 10. The van der Waals surface area contributed by atoms with Crippen LogP contribution < -0.4 is 0 Å². The molecule has 4 heterocycles. The number of hydrogen-bond donors (Lipinski definition) is 1. The molecule has 1 aliphatic rings. The molecular weight excluding hydrogens is 608 g/mol. The Morgan fingerprint density at radius 3 is 1.84 bits per heavy atom. The van der Waals surface area contributed by atoms with Crippen LogP contribution >= 0.6 is 0 Å². The molecule has 0 unspecified atom stereocenters. The van der Waals surface area contributed by atoms with Crippen molar-refractivity contribution >= 4 is 27.3 Å². The highest BCUT2D eigenvalue weighted by Crippen LogP contribution is 2.14. The van der Waals surface area contributed by atoms with E-state index in [1.165, 1.54) is 27.9 Å². The number of aliphatic hydroxyl groups is 1. The summed E-state index contributed by atoms with van der Waals surface area (Å²) in [6.45, 7) is 9.61. The lowest BCUT2D eigenvalue weighted by molar-refractivity contribution is -0.392. The monoisotopic (exact) mass is 644 g/mol. The molecule has 4 rings (SSSR count). The van der Waals surface area contributed by atoms with Gasteiger partial charge in [0.1, 0.15) is 38.2 Å². The first kappa shape index (κ1) is 35.9. The molecule has 1 aliphatic heterocycles. The zero-order valence-electron chi connectivity index (χ0n) is 24.6. The largest absolute Gasteiger partial charge is 0.392 e. The first-order valence-corrected chi connectivity index (χ1v) is 15.2. The van der Waals surface area contributed by atoms with E-state index in [9.17, 15) is 38.8 Å². The number of sulfone groups is 1. The number of morpholine rings is 1. The second-order valence-corrected chi connectivity index (χ2v) is 11.7. The molecule has 0 aromatic carbocycles. The third-order valence-corrected chi connectivity index (χ3v) is 8.15. The number of imidazole rings is 3. The maximum Gasteiger partial charge on any atom is 0.342 e. The van der Waals surface area contributed by atoms with E-state index < -0.39 is 24.6 Å². The Labute approximate surface area is 252 Å². The zero-order chi connectivity index (χ0) is 32.9. The van der Waals surface area contributed by atoms with Gasteiger partial charge in [0.25, 0.3) is 0 Å². The Kier molecular flexibility index (Phi) is 13.9. The highest BCUT2D eigenvalue weighted by Gasteiger charge is 2.20. The molecule has 0 aliphatic carbocycles. The van der Waals surface area contributed by atoms with Crippen LogP contribution in [0, 0.1) is 44.2 Å². The standard InChI is InChI=1S/C9H14N4O3.C8H13N3O4S.C6H9N3O3/c14-13(15)9-7-10-8-12(9)2-1-11-3-5-16-6-4-11;1-3-16(14,15)5-4-10-7(2)9-6-8(10)11(12)13;1-5-7-4-6(9(11)12)8(5)2-3-10/h7-8H,1-6H2;6H,3-5H2,1-2H3;4,10H,2-3H2,1H3. The molecular formula is C23H36N10O10S. The quantitative estimate of drug-likeness (QED) is 0.211. The molecule has 1 fully saturated rings. The molecule has 1 saturated heterocycles. The van der Waals surface area contributed by atoms with Crippen molar-refractivity contribution in [3.8, 4) is 0 Å². The molecule has 3 aromatic rings. The molecule has 1 N–H and O–H groups in total. The van der Waals surface area contributed by atoms with Gasteiger partial charge < -0.3 is 40.2 Å². The van der Waals surface area contributed by atoms with Crippen molar-refractivity contribution in [1.82, 2.24) is 33.6 Å². The lowest BCUT2D eigenvalue weighted by Gasteiger charge is -2.25. The van der Waals surface area contributed by atoms with Crippen LogP contribution in [-0.4, -0.2) is 113 Å². The van der Waals surface area contributed by atoms with Crippen molar-refractivity contribution in [1.29, 1.82) is 0 Å². The average Bonchev–Trinajstić information content (AvgIpc) is 3.71. The van der Waals surface area contributed by atoms with Crippen molar-refractivity contribution in [3.05, 3.63) is 66.9 Å². The average molecular weight is 645 g/mol. The second-order valence-electron chi connectivity index (χ2n) is 9.26. The van der Waals surface area contributed by atoms with E-state index >= 15 is 0 Å². The van der Waals surface area contributed by atoms with E-state index in [1.54, 1.807) is 25.3 Å². The number of nitro groups is 3. The number of hydrogen-bond acceptors (Lipinski definition) is 14. The maximum atomic E-state index is 11.3. The van der Waals surface area contributed by atoms with Crippen LogP contribution in [-0.2, 0) is 34.2 Å². The minimum absolute atomic E-state index is 0.0363. The third kappa shape index (κ3) is 10.7. The van der Waals surface area contributed by atoms with Crippen LogP contribution in [0.5, 0.6) is 0 Å². The second kappa shape index (κ2) is 17.1. The lowest BCUT2D eigenvalue weighted by atomic mass is 10.4. The fourth-order valence-electron chi connectivity index (χ4n) is 3.94. The first-order chi connectivity index (χ1) is 20.8. The van der Waals surface area contributed by atoms with Gasteiger partial charge in [-0.25, -0.2) is 37.1 Å². The molecule has 44 heavy (non-hydrogen) atoms. The highest BCUT2D eigenvalue weighted by molar-refractivity contribution is 7.91. The van der Waals surface area contributed by atoms with Crippen molar-refractivity contribution in [2.24, 2.45) is 0 Å². The van der Waals surface area contributed by atoms with Crippen molar-refractivity contribution in [2.75, 3.05) is 51.0 Å². The number of aryl methyl sites for hydroxylation is 2. The molecule has 0 saturated carbocycles. The van der Waals surface area contributed by atoms with E-state index in [2.05, 4.69) is 19.9 Å². The number of rotatable bonds is 12. The molecule has 20 nitrogen and oxygen atoms in total. The summed E-state index contributed by atoms with van der Waals surface area (Å²) in [5, 5.41) is 40.2. The van der Waals surface area contributed by atoms with Crippen LogP contribution in [0.4, 0.5) is 17.5 Å². The smallest absolute Gasteiger partial charge is 0.342 e. The van der Waals surface area contributed by atoms with Gasteiger partial charge in [-0.05, 0) is 14.8 Å². The number of ether oxygens (including phenoxy) is 1. The Hall–Kier alpha value is -4.34. The van der Waals surface area contributed by atoms with Gasteiger partial charge in [-0.2, -0.15) is 0 Å². The summed E-state index contributed by atoms with van der Waals surface area (Å²) in [5.74, 6) is 0.697. The summed E-state index contributed by atoms with van der Waals surface area (Å²) in [6.07, 6.45) is 5.09. The van der Waals surface area contributed by atoms with Crippen LogP contribution in [0.25, 0.3) is 0 Å². The van der Waals surface area contributed by atoms with Gasteiger partial charge in [0.05, 0.1) is 25.6 Å². The highest BCUT2D eigenvalue weighted by atomic mass is 32.2. The van der Waals surface area contributed by atoms with Crippen molar-refractivity contribution < 1.29 is 33.0 Å². The van der Waals surface area contributed by atoms with E-state index in [1.807, 2.05) is 0 Å². The van der Waals surface area contributed by atoms with Crippen LogP contribution in [0.15, 0.2) is 24.9 Å². The molecule has 0 atom stereocenters. The van der Waals surface area contributed by atoms with Gasteiger partial charge in [-0.3, -0.25) is 4.90 Å². The fourth-order valence-corrected chi connectivity index (χ4v) is 4.69. The van der Waals surface area contributed by atoms with E-state index in [0.29, 0.717) is 18.2 Å². The van der Waals surface area contributed by atoms with E-state index in [-0.39, 0.29) is 48.7 Å². The summed E-state index contributed by atoms with van der Waals surface area (Å²) >= 11 is 0. The van der Waals surface area contributed by atoms with Crippen molar-refractivity contribution in [3.63, 3.8) is 0 Å². The molecule has 21 heteroatoms. The molecule has 244 valence electrons. The minimum Gasteiger partial charge on any atom is -0.392 e. The Morgan fingerprint density at radius 2 is 1.36 bits per heavy atom. The molecule has 0 amide bonds. The predicted octanol–water partition coefficient (Wildman–Crippen LogP) is 0.750. The van der Waals surface area contributed by atoms with E-state index in [4.69, 9.17) is 9.84 Å². The summed E-state index contributed by atoms with van der Waals surface area (Å²) in [4.78, 5) is 43.7.